The second kappa shape index (κ2) is 8.47. The topological polar surface area (TPSA) is 91.2 Å². The zero-order chi connectivity index (χ0) is 19.2. The van der Waals surface area contributed by atoms with Gasteiger partial charge in [-0.05, 0) is 43.4 Å². The van der Waals surface area contributed by atoms with Gasteiger partial charge in [0.1, 0.15) is 11.8 Å². The number of methoxy groups -OCH3 is 1. The summed E-state index contributed by atoms with van der Waals surface area (Å²) >= 11 is 5.14. The molecule has 0 amide bonds. The highest BCUT2D eigenvalue weighted by molar-refractivity contribution is 7.95. The van der Waals surface area contributed by atoms with Crippen molar-refractivity contribution in [1.82, 2.24) is 5.32 Å². The molecule has 26 heavy (non-hydrogen) atoms. The van der Waals surface area contributed by atoms with E-state index < -0.39 is 14.7 Å². The SMILES string of the molecule is COc1ccccc1NC(=S)N/C=C(/C#N)S(=O)(=O)c1ccc(C)cc1. The van der Waals surface area contributed by atoms with Gasteiger partial charge in [-0.15, -0.1) is 0 Å². The Bertz CT molecular complexity index is 975. The van der Waals surface area contributed by atoms with Gasteiger partial charge in [0.25, 0.3) is 0 Å². The van der Waals surface area contributed by atoms with E-state index in [4.69, 9.17) is 17.0 Å². The summed E-state index contributed by atoms with van der Waals surface area (Å²) in [6, 6.07) is 15.1. The quantitative estimate of drug-likeness (QED) is 0.601. The first-order valence-corrected chi connectivity index (χ1v) is 9.40. The highest BCUT2D eigenvalue weighted by Crippen LogP contribution is 2.23. The molecular weight excluding hydrogens is 370 g/mol. The molecule has 0 atom stereocenters. The van der Waals surface area contributed by atoms with E-state index in [1.807, 2.05) is 13.0 Å². The summed E-state index contributed by atoms with van der Waals surface area (Å²) < 4.78 is 30.3. The number of ether oxygens (including phenoxy) is 1. The Balaban J connectivity index is 2.17. The van der Waals surface area contributed by atoms with E-state index in [1.54, 1.807) is 36.4 Å². The Labute approximate surface area is 158 Å². The van der Waals surface area contributed by atoms with Crippen LogP contribution < -0.4 is 15.4 Å². The zero-order valence-corrected chi connectivity index (χ0v) is 15.8. The average molecular weight is 387 g/mol. The van der Waals surface area contributed by atoms with E-state index in [-0.39, 0.29) is 10.0 Å². The minimum Gasteiger partial charge on any atom is -0.495 e. The number of nitrogens with zero attached hydrogens (tertiary/aromatic N) is 1. The van der Waals surface area contributed by atoms with E-state index >= 15 is 0 Å². The molecule has 8 heteroatoms. The minimum absolute atomic E-state index is 0.0429. The van der Waals surface area contributed by atoms with Gasteiger partial charge in [-0.1, -0.05) is 29.8 Å². The molecule has 2 N–H and O–H groups in total. The van der Waals surface area contributed by atoms with Gasteiger partial charge in [-0.2, -0.15) is 5.26 Å². The maximum atomic E-state index is 12.5. The molecule has 0 aliphatic rings. The largest absolute Gasteiger partial charge is 0.495 e. The number of nitrogens with one attached hydrogen (secondary N) is 2. The van der Waals surface area contributed by atoms with E-state index in [2.05, 4.69) is 10.6 Å². The van der Waals surface area contributed by atoms with Crippen LogP contribution in [0, 0.1) is 18.3 Å². The predicted molar refractivity (Wildman–Crippen MR) is 104 cm³/mol. The summed E-state index contributed by atoms with van der Waals surface area (Å²) in [5.41, 5.74) is 1.53. The number of hydrogen-bond donors (Lipinski definition) is 2. The van der Waals surface area contributed by atoms with Crippen LogP contribution in [0.4, 0.5) is 5.69 Å². The zero-order valence-electron chi connectivity index (χ0n) is 14.2. The Hall–Kier alpha value is -2.89. The van der Waals surface area contributed by atoms with Crippen molar-refractivity contribution >= 4 is 32.9 Å². The molecule has 134 valence electrons. The molecule has 2 aromatic carbocycles. The maximum absolute atomic E-state index is 12.5. The number of allylic oxidation sites excluding steroid dienone is 1. The van der Waals surface area contributed by atoms with Crippen molar-refractivity contribution in [3.05, 3.63) is 65.2 Å². The van der Waals surface area contributed by atoms with Gasteiger partial charge >= 0.3 is 0 Å². The van der Waals surface area contributed by atoms with Gasteiger partial charge in [-0.3, -0.25) is 0 Å². The lowest BCUT2D eigenvalue weighted by molar-refractivity contribution is 0.417. The van der Waals surface area contributed by atoms with Crippen LogP contribution in [0.3, 0.4) is 0 Å². The average Bonchev–Trinajstić information content (AvgIpc) is 2.63. The summed E-state index contributed by atoms with van der Waals surface area (Å²) in [4.78, 5) is -0.396. The van der Waals surface area contributed by atoms with E-state index in [0.717, 1.165) is 11.8 Å². The summed E-state index contributed by atoms with van der Waals surface area (Å²) in [5.74, 6) is 0.577. The van der Waals surface area contributed by atoms with Gasteiger partial charge in [0.2, 0.25) is 9.84 Å². The molecule has 2 aromatic rings. The lowest BCUT2D eigenvalue weighted by Gasteiger charge is -2.11. The first-order chi connectivity index (χ1) is 12.4. The third-order valence-electron chi connectivity index (χ3n) is 3.42. The van der Waals surface area contributed by atoms with E-state index in [9.17, 15) is 13.7 Å². The Kier molecular flexibility index (Phi) is 6.33. The van der Waals surface area contributed by atoms with Gasteiger partial charge < -0.3 is 15.4 Å². The molecule has 0 saturated heterocycles. The van der Waals surface area contributed by atoms with Crippen molar-refractivity contribution in [3.63, 3.8) is 0 Å². The first-order valence-electron chi connectivity index (χ1n) is 7.51. The third-order valence-corrected chi connectivity index (χ3v) is 5.32. The number of para-hydroxylation sites is 2. The van der Waals surface area contributed by atoms with Crippen molar-refractivity contribution in [2.24, 2.45) is 0 Å². The van der Waals surface area contributed by atoms with Gasteiger partial charge in [0, 0.05) is 6.20 Å². The summed E-state index contributed by atoms with van der Waals surface area (Å²) in [6.07, 6.45) is 1.07. The van der Waals surface area contributed by atoms with Crippen molar-refractivity contribution in [1.29, 1.82) is 5.26 Å². The lowest BCUT2D eigenvalue weighted by Crippen LogP contribution is -2.25. The van der Waals surface area contributed by atoms with Crippen molar-refractivity contribution < 1.29 is 13.2 Å². The first kappa shape index (κ1) is 19.4. The van der Waals surface area contributed by atoms with E-state index in [1.165, 1.54) is 19.2 Å². The molecule has 0 heterocycles. The summed E-state index contributed by atoms with van der Waals surface area (Å²) in [5, 5.41) is 14.9. The van der Waals surface area contributed by atoms with Gasteiger partial charge in [0.15, 0.2) is 10.0 Å². The van der Waals surface area contributed by atoms with Crippen molar-refractivity contribution in [2.75, 3.05) is 12.4 Å². The molecule has 0 radical (unpaired) electrons. The fraction of sp³-hybridized carbons (Fsp3) is 0.111. The number of thiocarbonyl (C=S) groups is 1. The predicted octanol–water partition coefficient (Wildman–Crippen LogP) is 3.13. The van der Waals surface area contributed by atoms with Crippen LogP contribution in [0.1, 0.15) is 5.56 Å². The summed E-state index contributed by atoms with van der Waals surface area (Å²) in [7, 11) is -2.40. The highest BCUT2D eigenvalue weighted by atomic mass is 32.2. The third kappa shape index (κ3) is 4.59. The molecule has 2 rings (SSSR count). The number of aryl methyl sites for hydroxylation is 1. The van der Waals surface area contributed by atoms with Crippen LogP contribution in [-0.4, -0.2) is 20.6 Å². The van der Waals surface area contributed by atoms with Crippen LogP contribution in [0.25, 0.3) is 0 Å². The molecule has 6 nitrogen and oxygen atoms in total. The second-order valence-electron chi connectivity index (χ2n) is 5.24. The number of nitriles is 1. The number of sulfone groups is 1. The van der Waals surface area contributed by atoms with Crippen LogP contribution >= 0.6 is 12.2 Å². The number of hydrogen-bond acceptors (Lipinski definition) is 5. The molecular formula is C18H17N3O3S2. The second-order valence-corrected chi connectivity index (χ2v) is 7.56. The number of anilines is 1. The van der Waals surface area contributed by atoms with Crippen LogP contribution in [0.15, 0.2) is 64.5 Å². The van der Waals surface area contributed by atoms with Crippen molar-refractivity contribution in [3.8, 4) is 11.8 Å². The normalized spacial score (nSPS) is 11.3. The molecule has 0 saturated carbocycles. The Morgan fingerprint density at radius 3 is 2.46 bits per heavy atom. The van der Waals surface area contributed by atoms with Gasteiger partial charge in [-0.25, -0.2) is 8.42 Å². The molecule has 0 unspecified atom stereocenters. The monoisotopic (exact) mass is 387 g/mol. The smallest absolute Gasteiger partial charge is 0.218 e. The molecule has 0 bridgehead atoms. The Morgan fingerprint density at radius 1 is 1.19 bits per heavy atom. The fourth-order valence-electron chi connectivity index (χ4n) is 2.05. The van der Waals surface area contributed by atoms with E-state index in [0.29, 0.717) is 11.4 Å². The van der Waals surface area contributed by atoms with Crippen LogP contribution in [-0.2, 0) is 9.84 Å². The highest BCUT2D eigenvalue weighted by Gasteiger charge is 2.20. The van der Waals surface area contributed by atoms with Gasteiger partial charge in [0.05, 0.1) is 17.7 Å². The molecule has 0 aliphatic carbocycles. The summed E-state index contributed by atoms with van der Waals surface area (Å²) in [6.45, 7) is 1.85. The standard InChI is InChI=1S/C18H17N3O3S2/c1-13-7-9-14(10-8-13)26(22,23)15(11-19)12-20-18(25)21-16-5-3-4-6-17(16)24-2/h3-10,12H,1-2H3,(H2,20,21,25)/b15-12-. The van der Waals surface area contributed by atoms with Crippen LogP contribution in [0.2, 0.25) is 0 Å². The maximum Gasteiger partial charge on any atom is 0.218 e. The molecule has 0 aliphatic heterocycles. The minimum atomic E-state index is -3.92. The fourth-order valence-corrected chi connectivity index (χ4v) is 3.30. The molecule has 0 fully saturated rings. The van der Waals surface area contributed by atoms with Crippen molar-refractivity contribution in [2.45, 2.75) is 11.8 Å². The Morgan fingerprint density at radius 2 is 1.85 bits per heavy atom. The molecule has 0 spiro atoms. The lowest BCUT2D eigenvalue weighted by atomic mass is 10.2. The van der Waals surface area contributed by atoms with Crippen LogP contribution in [0.5, 0.6) is 5.75 Å². The number of rotatable bonds is 5. The molecule has 0 aromatic heterocycles. The number of benzene rings is 2.